The molecule has 0 amide bonds. The van der Waals surface area contributed by atoms with Crippen molar-refractivity contribution in [1.29, 1.82) is 0 Å². The summed E-state index contributed by atoms with van der Waals surface area (Å²) in [6.45, 7) is 16.0. The minimum absolute atomic E-state index is 0.0682. The zero-order valence-corrected chi connectivity index (χ0v) is 21.4. The summed E-state index contributed by atoms with van der Waals surface area (Å²) in [5, 5.41) is 2.42. The van der Waals surface area contributed by atoms with Crippen molar-refractivity contribution in [2.75, 3.05) is 0 Å². The van der Waals surface area contributed by atoms with Crippen LogP contribution in [0.15, 0.2) is 83.3 Å². The largest absolute Gasteiger partial charge is 0.456 e. The molecule has 0 N–H and O–H groups in total. The molecule has 0 atom stereocenters. The second-order valence-electron chi connectivity index (χ2n) is 11.6. The molecule has 5 rings (SSSR count). The van der Waals surface area contributed by atoms with Crippen molar-refractivity contribution in [2.24, 2.45) is 0 Å². The van der Waals surface area contributed by atoms with E-state index in [1.807, 2.05) is 0 Å². The molecule has 0 saturated carbocycles. The summed E-state index contributed by atoms with van der Waals surface area (Å²) in [7, 11) is 0. The molecule has 34 heavy (non-hydrogen) atoms. The lowest BCUT2D eigenvalue weighted by Gasteiger charge is -2.26. The molecule has 0 radical (unpaired) electrons. The lowest BCUT2D eigenvalue weighted by Crippen LogP contribution is -2.16. The Balaban J connectivity index is 1.84. The maximum atomic E-state index is 6.38. The monoisotopic (exact) mass is 446 g/mol. The second-order valence-corrected chi connectivity index (χ2v) is 11.6. The van der Waals surface area contributed by atoms with Crippen molar-refractivity contribution in [3.63, 3.8) is 0 Å². The molecule has 0 saturated heterocycles. The average Bonchev–Trinajstić information content (AvgIpc) is 3.18. The second kappa shape index (κ2) is 7.87. The number of hydrogen-bond donors (Lipinski definition) is 0. The number of benzene rings is 4. The highest BCUT2D eigenvalue weighted by Crippen LogP contribution is 2.42. The first-order chi connectivity index (χ1) is 16.0. The Morgan fingerprint density at radius 3 is 1.76 bits per heavy atom. The lowest BCUT2D eigenvalue weighted by molar-refractivity contribution is 0.569. The number of fused-ring (bicyclic) bond motifs is 3. The van der Waals surface area contributed by atoms with Gasteiger partial charge in [-0.1, -0.05) is 108 Å². The van der Waals surface area contributed by atoms with Gasteiger partial charge >= 0.3 is 0 Å². The molecule has 0 aliphatic rings. The number of furan rings is 1. The summed E-state index contributed by atoms with van der Waals surface area (Å²) in [6.07, 6.45) is 0. The Morgan fingerprint density at radius 2 is 1.15 bits per heavy atom. The Bertz CT molecular complexity index is 1470. The summed E-state index contributed by atoms with van der Waals surface area (Å²) in [5.74, 6) is 0. The van der Waals surface area contributed by atoms with Crippen molar-refractivity contribution >= 4 is 21.9 Å². The summed E-state index contributed by atoms with van der Waals surface area (Å²) < 4.78 is 6.38. The maximum absolute atomic E-state index is 6.38. The Kier molecular flexibility index (Phi) is 5.20. The fourth-order valence-corrected chi connectivity index (χ4v) is 4.90. The normalized spacial score (nSPS) is 12.6. The highest BCUT2D eigenvalue weighted by molar-refractivity contribution is 6.15. The van der Waals surface area contributed by atoms with Gasteiger partial charge in [-0.25, -0.2) is 0 Å². The molecule has 1 aromatic heterocycles. The number of hydrogen-bond acceptors (Lipinski definition) is 1. The smallest absolute Gasteiger partial charge is 0.136 e. The van der Waals surface area contributed by atoms with Gasteiger partial charge in [0.1, 0.15) is 11.2 Å². The van der Waals surface area contributed by atoms with Gasteiger partial charge in [0, 0.05) is 10.8 Å². The van der Waals surface area contributed by atoms with E-state index in [0.29, 0.717) is 0 Å². The molecule has 1 heterocycles. The summed E-state index contributed by atoms with van der Waals surface area (Å²) in [5.41, 5.74) is 11.0. The van der Waals surface area contributed by atoms with Crippen molar-refractivity contribution in [3.05, 3.63) is 95.6 Å². The van der Waals surface area contributed by atoms with E-state index in [2.05, 4.69) is 127 Å². The fourth-order valence-electron chi connectivity index (χ4n) is 4.90. The Labute approximate surface area is 203 Å². The van der Waals surface area contributed by atoms with Crippen LogP contribution in [-0.2, 0) is 10.8 Å². The first-order valence-corrected chi connectivity index (χ1v) is 12.2. The van der Waals surface area contributed by atoms with E-state index >= 15 is 0 Å². The molecule has 0 unspecified atom stereocenters. The standard InChI is InChI=1S/C33H34O/c1-21-26(22-12-9-8-10-13-22)16-17-29-30(21)31-27(14-11-15-28(31)34-29)23-18-24(32(2,3)4)20-25(19-23)33(5,6)7/h8-20H,1-7H3. The predicted octanol–water partition coefficient (Wildman–Crippen LogP) is 9.82. The van der Waals surface area contributed by atoms with E-state index in [9.17, 15) is 0 Å². The van der Waals surface area contributed by atoms with Crippen molar-refractivity contribution in [1.82, 2.24) is 0 Å². The molecule has 0 bridgehead atoms. The fraction of sp³-hybridized carbons (Fsp3) is 0.273. The third kappa shape index (κ3) is 3.84. The summed E-state index contributed by atoms with van der Waals surface area (Å²) >= 11 is 0. The van der Waals surface area contributed by atoms with E-state index < -0.39 is 0 Å². The van der Waals surface area contributed by atoms with Crippen molar-refractivity contribution in [2.45, 2.75) is 59.3 Å². The summed E-state index contributed by atoms with van der Waals surface area (Å²) in [4.78, 5) is 0. The Hall–Kier alpha value is -3.32. The van der Waals surface area contributed by atoms with Gasteiger partial charge in [-0.2, -0.15) is 0 Å². The van der Waals surface area contributed by atoms with Crippen LogP contribution in [0.1, 0.15) is 58.2 Å². The lowest BCUT2D eigenvalue weighted by atomic mass is 9.78. The molecule has 4 aromatic carbocycles. The molecule has 0 aliphatic heterocycles. The van der Waals surface area contributed by atoms with Crippen LogP contribution in [0.3, 0.4) is 0 Å². The quantitative estimate of drug-likeness (QED) is 0.263. The van der Waals surface area contributed by atoms with E-state index in [-0.39, 0.29) is 10.8 Å². The molecule has 1 heteroatoms. The van der Waals surface area contributed by atoms with Gasteiger partial charge in [0.25, 0.3) is 0 Å². The molecule has 1 nitrogen and oxygen atoms in total. The molecule has 0 fully saturated rings. The predicted molar refractivity (Wildman–Crippen MR) is 147 cm³/mol. The van der Waals surface area contributed by atoms with Crippen LogP contribution in [0.5, 0.6) is 0 Å². The average molecular weight is 447 g/mol. The first-order valence-electron chi connectivity index (χ1n) is 12.2. The third-order valence-corrected chi connectivity index (χ3v) is 6.98. The van der Waals surface area contributed by atoms with Gasteiger partial charge in [0.15, 0.2) is 0 Å². The van der Waals surface area contributed by atoms with E-state index in [4.69, 9.17) is 4.42 Å². The molecule has 172 valence electrons. The number of aryl methyl sites for hydroxylation is 1. The molecular formula is C33H34O. The SMILES string of the molecule is Cc1c(-c2ccccc2)ccc2oc3cccc(-c4cc(C(C)(C)C)cc(C(C)(C)C)c4)c3c12. The molecule has 5 aromatic rings. The van der Waals surface area contributed by atoms with Gasteiger partial charge in [0.05, 0.1) is 0 Å². The van der Waals surface area contributed by atoms with Crippen LogP contribution in [0.25, 0.3) is 44.2 Å². The van der Waals surface area contributed by atoms with E-state index in [0.717, 1.165) is 11.2 Å². The highest BCUT2D eigenvalue weighted by atomic mass is 16.3. The Morgan fingerprint density at radius 1 is 0.529 bits per heavy atom. The van der Waals surface area contributed by atoms with Crippen LogP contribution in [0, 0.1) is 6.92 Å². The molecule has 0 spiro atoms. The van der Waals surface area contributed by atoms with Crippen LogP contribution in [0.2, 0.25) is 0 Å². The van der Waals surface area contributed by atoms with Gasteiger partial charge in [-0.15, -0.1) is 0 Å². The molecular weight excluding hydrogens is 412 g/mol. The van der Waals surface area contributed by atoms with Crippen molar-refractivity contribution < 1.29 is 4.42 Å². The van der Waals surface area contributed by atoms with E-state index in [1.165, 1.54) is 49.7 Å². The minimum Gasteiger partial charge on any atom is -0.456 e. The zero-order valence-electron chi connectivity index (χ0n) is 21.4. The van der Waals surface area contributed by atoms with Gasteiger partial charge in [-0.3, -0.25) is 0 Å². The zero-order chi connectivity index (χ0) is 24.3. The van der Waals surface area contributed by atoms with Crippen LogP contribution in [-0.4, -0.2) is 0 Å². The van der Waals surface area contributed by atoms with Gasteiger partial charge in [0.2, 0.25) is 0 Å². The van der Waals surface area contributed by atoms with E-state index in [1.54, 1.807) is 0 Å². The number of rotatable bonds is 2. The minimum atomic E-state index is 0.0682. The van der Waals surface area contributed by atoms with Crippen LogP contribution in [0.4, 0.5) is 0 Å². The topological polar surface area (TPSA) is 13.1 Å². The highest BCUT2D eigenvalue weighted by Gasteiger charge is 2.23. The third-order valence-electron chi connectivity index (χ3n) is 6.98. The first kappa shape index (κ1) is 22.5. The summed E-state index contributed by atoms with van der Waals surface area (Å²) in [6, 6.07) is 28.5. The molecule has 0 aliphatic carbocycles. The maximum Gasteiger partial charge on any atom is 0.136 e. The van der Waals surface area contributed by atoms with Crippen LogP contribution < -0.4 is 0 Å². The van der Waals surface area contributed by atoms with Crippen molar-refractivity contribution in [3.8, 4) is 22.3 Å². The van der Waals surface area contributed by atoms with Crippen LogP contribution >= 0.6 is 0 Å². The van der Waals surface area contributed by atoms with Gasteiger partial charge < -0.3 is 4.42 Å². The van der Waals surface area contributed by atoms with Gasteiger partial charge in [-0.05, 0) is 68.8 Å².